The third-order valence-electron chi connectivity index (χ3n) is 9.28. The summed E-state index contributed by atoms with van der Waals surface area (Å²) < 4.78 is 80.0. The second-order valence-corrected chi connectivity index (χ2v) is 24.5. The second kappa shape index (κ2) is 14.2. The Kier molecular flexibility index (Phi) is 10.7. The molecule has 6 heterocycles. The van der Waals surface area contributed by atoms with Crippen molar-refractivity contribution in [2.24, 2.45) is 5.50 Å². The van der Waals surface area contributed by atoms with Gasteiger partial charge >= 0.3 is 13.5 Å². The molecule has 2 fully saturated rings. The molecule has 0 spiro atoms. The summed E-state index contributed by atoms with van der Waals surface area (Å²) in [5.74, 6) is -0.582. The van der Waals surface area contributed by atoms with E-state index in [9.17, 15) is 18.3 Å². The number of aromatic amines is 1. The number of hydrogen-bond donors (Lipinski definition) is 5. The predicted octanol–water partition coefficient (Wildman–Crippen LogP) is 4.70. The maximum atomic E-state index is 14.9. The number of nitrogens with two attached hydrogens (primary N) is 2. The lowest BCUT2D eigenvalue weighted by Gasteiger charge is -2.39. The van der Waals surface area contributed by atoms with Gasteiger partial charge in [0.05, 0.1) is 32.0 Å². The van der Waals surface area contributed by atoms with Gasteiger partial charge in [0.1, 0.15) is 48.0 Å². The standard InChI is InChI=1S/C27H40FN9O9P2S2Si/c1-27(2,3)51(4,5)46-16-7-19(36-8-14(28)21-24(36)32-12-34-26(21)38)44-18(16)10-42-48(40,50)45-15-6-20(43-17(15)9-41-47(30,39)49)37-13-35-22-23(29)31-11-33-25(22)37/h8,11-13,15-20H,6-7,9-10H2,1-5H3,(H,40,50)(H2,29,31,33)(H3,30,39,49)(H,32,34,38)/t15?,16?,17-,18-,19-,20-,47?,48?/m1/s1. The van der Waals surface area contributed by atoms with Crippen molar-refractivity contribution in [3.63, 3.8) is 0 Å². The molecule has 18 nitrogen and oxygen atoms in total. The number of aromatic nitrogens is 7. The van der Waals surface area contributed by atoms with Crippen LogP contribution in [0.25, 0.3) is 22.2 Å². The van der Waals surface area contributed by atoms with Crippen LogP contribution >= 0.6 is 38.0 Å². The number of nitrogens with one attached hydrogen (secondary N) is 1. The Bertz CT molecular complexity index is 2080. The van der Waals surface area contributed by atoms with Gasteiger partial charge in [-0.3, -0.25) is 28.5 Å². The summed E-state index contributed by atoms with van der Waals surface area (Å²) >= 11 is 8.06. The van der Waals surface area contributed by atoms with Gasteiger partial charge < -0.3 is 33.7 Å². The van der Waals surface area contributed by atoms with Crippen molar-refractivity contribution in [1.82, 2.24) is 34.1 Å². The quantitative estimate of drug-likeness (QED) is 0.0741. The summed E-state index contributed by atoms with van der Waals surface area (Å²) in [5.41, 5.74) is 11.6. The fourth-order valence-electron chi connectivity index (χ4n) is 5.73. The maximum Gasteiger partial charge on any atom is 0.386 e. The summed E-state index contributed by atoms with van der Waals surface area (Å²) in [5, 5.41) is -0.371. The van der Waals surface area contributed by atoms with E-state index in [0.29, 0.717) is 11.2 Å². The van der Waals surface area contributed by atoms with Crippen molar-refractivity contribution >= 4 is 74.3 Å². The van der Waals surface area contributed by atoms with E-state index in [1.54, 1.807) is 4.57 Å². The van der Waals surface area contributed by atoms with Gasteiger partial charge in [-0.25, -0.2) is 28.9 Å². The fraction of sp³-hybridized carbons (Fsp3) is 0.593. The molecule has 0 bridgehead atoms. The molecule has 0 saturated carbocycles. The highest BCUT2D eigenvalue weighted by molar-refractivity contribution is 8.45. The zero-order valence-electron chi connectivity index (χ0n) is 28.3. The monoisotopic (exact) mass is 807 g/mol. The molecule has 8 atom stereocenters. The number of halogens is 1. The third-order valence-corrected chi connectivity index (χ3v) is 16.3. The molecule has 0 aromatic carbocycles. The third kappa shape index (κ3) is 8.32. The first-order valence-electron chi connectivity index (χ1n) is 15.8. The largest absolute Gasteiger partial charge is 0.411 e. The van der Waals surface area contributed by atoms with Crippen LogP contribution in [0.15, 0.2) is 30.0 Å². The van der Waals surface area contributed by atoms with Crippen molar-refractivity contribution in [3.05, 3.63) is 41.3 Å². The zero-order chi connectivity index (χ0) is 37.1. The van der Waals surface area contributed by atoms with E-state index in [1.807, 2.05) is 0 Å². The van der Waals surface area contributed by atoms with Crippen LogP contribution in [-0.2, 0) is 36.6 Å². The van der Waals surface area contributed by atoms with Crippen LogP contribution in [0, 0.1) is 5.82 Å². The lowest BCUT2D eigenvalue weighted by atomic mass is 10.2. The van der Waals surface area contributed by atoms with E-state index < -0.39 is 70.1 Å². The molecular formula is C27H40FN9O9P2S2Si. The SMILES string of the molecule is CC(C)(C)[Si](C)(C)OC1C[C@H](n2cc(F)c3c(=O)[nH]cnc32)O[C@@H]1COP(=O)(S)OC1C[C@H](n2cnc3c(N)ncnc32)O[C@@H]1COP(N)(=O)S. The normalized spacial score (nSPS) is 26.9. The van der Waals surface area contributed by atoms with Crippen molar-refractivity contribution in [3.8, 4) is 0 Å². The minimum absolute atomic E-state index is 0.0935. The number of fused-ring (bicyclic) bond motifs is 2. The minimum Gasteiger partial charge on any atom is -0.411 e. The molecule has 0 radical (unpaired) electrons. The highest BCUT2D eigenvalue weighted by atomic mass is 32.7. The molecule has 2 saturated heterocycles. The minimum atomic E-state index is -4.18. The summed E-state index contributed by atoms with van der Waals surface area (Å²) in [6, 6.07) is 0. The number of H-pyrrole nitrogens is 1. The van der Waals surface area contributed by atoms with Crippen LogP contribution in [0.4, 0.5) is 10.2 Å². The molecule has 0 amide bonds. The van der Waals surface area contributed by atoms with Crippen LogP contribution in [-0.4, -0.2) is 80.0 Å². The van der Waals surface area contributed by atoms with Crippen LogP contribution in [0.3, 0.4) is 0 Å². The predicted molar refractivity (Wildman–Crippen MR) is 193 cm³/mol. The van der Waals surface area contributed by atoms with E-state index in [1.165, 1.54) is 23.5 Å². The summed E-state index contributed by atoms with van der Waals surface area (Å²) in [4.78, 5) is 31.4. The van der Waals surface area contributed by atoms with Gasteiger partial charge in [0.2, 0.25) is 0 Å². The molecule has 280 valence electrons. The van der Waals surface area contributed by atoms with E-state index >= 15 is 0 Å². The maximum absolute atomic E-state index is 14.9. The van der Waals surface area contributed by atoms with Crippen LogP contribution in [0.5, 0.6) is 0 Å². The first-order valence-corrected chi connectivity index (χ1v) is 24.2. The van der Waals surface area contributed by atoms with E-state index in [-0.39, 0.29) is 47.9 Å². The molecule has 24 heteroatoms. The number of imidazole rings is 1. The average molecular weight is 808 g/mol. The Labute approximate surface area is 303 Å². The van der Waals surface area contributed by atoms with Crippen molar-refractivity contribution in [2.45, 2.75) is 88.6 Å². The van der Waals surface area contributed by atoms with E-state index in [4.69, 9.17) is 38.7 Å². The highest BCUT2D eigenvalue weighted by Gasteiger charge is 2.47. The molecule has 4 aromatic heterocycles. The van der Waals surface area contributed by atoms with E-state index in [0.717, 1.165) is 6.20 Å². The van der Waals surface area contributed by atoms with Crippen molar-refractivity contribution in [2.75, 3.05) is 18.9 Å². The topological polar surface area (TPSA) is 236 Å². The molecule has 2 aliphatic rings. The first-order chi connectivity index (χ1) is 23.7. The fourth-order valence-corrected chi connectivity index (χ4v) is 9.17. The van der Waals surface area contributed by atoms with Crippen molar-refractivity contribution < 1.29 is 41.0 Å². The Morgan fingerprint density at radius 1 is 1.02 bits per heavy atom. The van der Waals surface area contributed by atoms with Crippen LogP contribution in [0.2, 0.25) is 18.1 Å². The van der Waals surface area contributed by atoms with Gasteiger partial charge in [0.15, 0.2) is 31.2 Å². The molecule has 51 heavy (non-hydrogen) atoms. The molecular weight excluding hydrogens is 768 g/mol. The Morgan fingerprint density at radius 2 is 1.67 bits per heavy atom. The molecule has 2 aliphatic heterocycles. The summed E-state index contributed by atoms with van der Waals surface area (Å²) in [6.45, 7) is 1.88. The Morgan fingerprint density at radius 3 is 2.35 bits per heavy atom. The van der Waals surface area contributed by atoms with Crippen LogP contribution < -0.4 is 16.8 Å². The van der Waals surface area contributed by atoms with Gasteiger partial charge in [-0.2, -0.15) is 0 Å². The Balaban J connectivity index is 1.21. The van der Waals surface area contributed by atoms with E-state index in [2.05, 4.69) is 83.3 Å². The lowest BCUT2D eigenvalue weighted by molar-refractivity contribution is -0.0446. The summed E-state index contributed by atoms with van der Waals surface area (Å²) in [6.07, 6.45) is 0.578. The first kappa shape index (κ1) is 38.5. The summed E-state index contributed by atoms with van der Waals surface area (Å²) in [7, 11) is -2.40. The second-order valence-electron chi connectivity index (χ2n) is 13.8. The van der Waals surface area contributed by atoms with Gasteiger partial charge in [-0.05, 0) is 18.1 Å². The number of nitrogen functional groups attached to an aromatic ring is 1. The van der Waals surface area contributed by atoms with Crippen LogP contribution in [0.1, 0.15) is 46.1 Å². The number of nitrogens with zero attached hydrogens (tertiary/aromatic N) is 6. The van der Waals surface area contributed by atoms with Gasteiger partial charge in [0.25, 0.3) is 5.56 Å². The highest BCUT2D eigenvalue weighted by Crippen LogP contribution is 2.57. The number of thiol groups is 2. The molecule has 0 aliphatic carbocycles. The average Bonchev–Trinajstić information content (AvgIpc) is 3.79. The Hall–Kier alpha value is -2.20. The number of ether oxygens (including phenoxy) is 2. The number of rotatable bonds is 12. The number of hydrogen-bond acceptors (Lipinski definition) is 14. The van der Waals surface area contributed by atoms with Crippen molar-refractivity contribution in [1.29, 1.82) is 0 Å². The zero-order valence-corrected chi connectivity index (χ0v) is 32.9. The lowest BCUT2D eigenvalue weighted by Crippen LogP contribution is -2.46. The molecule has 4 unspecified atom stereocenters. The van der Waals surface area contributed by atoms with Gasteiger partial charge in [-0.15, -0.1) is 0 Å². The number of anilines is 1. The van der Waals surface area contributed by atoms with Gasteiger partial charge in [0, 0.05) is 19.0 Å². The molecule has 4 aromatic rings. The van der Waals surface area contributed by atoms with Gasteiger partial charge in [-0.1, -0.05) is 45.3 Å². The molecule has 6 rings (SSSR count). The molecule has 5 N–H and O–H groups in total. The smallest absolute Gasteiger partial charge is 0.386 e.